The Bertz CT molecular complexity index is 751. The third-order valence-corrected chi connectivity index (χ3v) is 3.91. The summed E-state index contributed by atoms with van der Waals surface area (Å²) >= 11 is 1.46. The summed E-state index contributed by atoms with van der Waals surface area (Å²) in [6.07, 6.45) is 9.33. The van der Waals surface area contributed by atoms with E-state index in [1.165, 1.54) is 11.9 Å². The highest BCUT2D eigenvalue weighted by Crippen LogP contribution is 2.23. The van der Waals surface area contributed by atoms with Crippen LogP contribution in [-0.4, -0.2) is 16.1 Å². The Morgan fingerprint density at radius 1 is 1.36 bits per heavy atom. The van der Waals surface area contributed by atoms with Gasteiger partial charge in [0, 0.05) is 23.0 Å². The molecule has 0 aliphatic heterocycles. The van der Waals surface area contributed by atoms with Gasteiger partial charge in [-0.1, -0.05) is 12.1 Å². The fourth-order valence-corrected chi connectivity index (χ4v) is 2.67. The van der Waals surface area contributed by atoms with Crippen LogP contribution in [0, 0.1) is 0 Å². The van der Waals surface area contributed by atoms with Crippen molar-refractivity contribution in [1.29, 1.82) is 0 Å². The van der Waals surface area contributed by atoms with Crippen molar-refractivity contribution in [3.05, 3.63) is 72.7 Å². The molecule has 0 aromatic carbocycles. The van der Waals surface area contributed by atoms with Crippen molar-refractivity contribution in [3.8, 4) is 11.4 Å². The molecule has 0 fully saturated rings. The maximum Gasteiger partial charge on any atom is 0.147 e. The van der Waals surface area contributed by atoms with Crippen LogP contribution in [0.5, 0.6) is 0 Å². The SMILES string of the molecule is C\C=C(/C=C\C(=C\F)OC(C)C)NSc1c[nH]c(-c2ccccn2)c1. The molecule has 2 heterocycles. The molecule has 0 amide bonds. The Morgan fingerprint density at radius 2 is 2.20 bits per heavy atom. The lowest BCUT2D eigenvalue weighted by atomic mass is 10.3. The summed E-state index contributed by atoms with van der Waals surface area (Å²) in [4.78, 5) is 8.54. The van der Waals surface area contributed by atoms with E-state index in [9.17, 15) is 4.39 Å². The van der Waals surface area contributed by atoms with Gasteiger partial charge in [0.15, 0.2) is 0 Å². The minimum Gasteiger partial charge on any atom is -0.489 e. The van der Waals surface area contributed by atoms with Gasteiger partial charge in [-0.3, -0.25) is 4.98 Å². The van der Waals surface area contributed by atoms with Gasteiger partial charge in [0.05, 0.1) is 17.5 Å². The smallest absolute Gasteiger partial charge is 0.147 e. The van der Waals surface area contributed by atoms with Crippen molar-refractivity contribution in [2.75, 3.05) is 0 Å². The topological polar surface area (TPSA) is 49.9 Å². The number of H-pyrrole nitrogens is 1. The molecule has 0 unspecified atom stereocenters. The Morgan fingerprint density at radius 3 is 2.84 bits per heavy atom. The van der Waals surface area contributed by atoms with Crippen LogP contribution in [0.3, 0.4) is 0 Å². The van der Waals surface area contributed by atoms with Gasteiger partial charge in [-0.2, -0.15) is 0 Å². The molecule has 0 atom stereocenters. The fraction of sp³-hybridized carbons (Fsp3) is 0.211. The zero-order valence-corrected chi connectivity index (χ0v) is 15.3. The average molecular weight is 359 g/mol. The van der Waals surface area contributed by atoms with E-state index >= 15 is 0 Å². The largest absolute Gasteiger partial charge is 0.489 e. The Labute approximate surface area is 152 Å². The molecular weight excluding hydrogens is 337 g/mol. The van der Waals surface area contributed by atoms with Crippen LogP contribution in [0.1, 0.15) is 20.8 Å². The summed E-state index contributed by atoms with van der Waals surface area (Å²) in [6.45, 7) is 5.62. The second kappa shape index (κ2) is 9.74. The lowest BCUT2D eigenvalue weighted by Crippen LogP contribution is -2.02. The monoisotopic (exact) mass is 359 g/mol. The van der Waals surface area contributed by atoms with E-state index in [1.807, 2.05) is 57.3 Å². The van der Waals surface area contributed by atoms with Crippen molar-refractivity contribution < 1.29 is 9.13 Å². The van der Waals surface area contributed by atoms with Crippen LogP contribution in [0.15, 0.2) is 77.6 Å². The van der Waals surface area contributed by atoms with Crippen LogP contribution in [-0.2, 0) is 4.74 Å². The number of aromatic nitrogens is 2. The molecule has 0 aliphatic carbocycles. The van der Waals surface area contributed by atoms with Crippen LogP contribution in [0.2, 0.25) is 0 Å². The zero-order chi connectivity index (χ0) is 18.1. The van der Waals surface area contributed by atoms with Gasteiger partial charge in [0.1, 0.15) is 12.1 Å². The van der Waals surface area contributed by atoms with E-state index in [0.717, 1.165) is 22.0 Å². The Balaban J connectivity index is 1.94. The van der Waals surface area contributed by atoms with E-state index in [2.05, 4.69) is 14.7 Å². The maximum absolute atomic E-state index is 12.8. The second-order valence-electron chi connectivity index (χ2n) is 5.42. The average Bonchev–Trinajstić information content (AvgIpc) is 3.10. The first-order valence-electron chi connectivity index (χ1n) is 7.96. The quantitative estimate of drug-likeness (QED) is 0.378. The number of pyridine rings is 1. The van der Waals surface area contributed by atoms with Crippen LogP contribution >= 0.6 is 11.9 Å². The van der Waals surface area contributed by atoms with Gasteiger partial charge in [0.2, 0.25) is 0 Å². The predicted molar refractivity (Wildman–Crippen MR) is 101 cm³/mol. The molecule has 0 aliphatic rings. The molecule has 2 N–H and O–H groups in total. The van der Waals surface area contributed by atoms with E-state index in [4.69, 9.17) is 4.74 Å². The van der Waals surface area contributed by atoms with Crippen molar-refractivity contribution in [1.82, 2.24) is 14.7 Å². The minimum absolute atomic E-state index is 0.0760. The van der Waals surface area contributed by atoms with Gasteiger partial charge in [0.25, 0.3) is 0 Å². The number of rotatable bonds is 8. The summed E-state index contributed by atoms with van der Waals surface area (Å²) < 4.78 is 21.4. The van der Waals surface area contributed by atoms with Crippen molar-refractivity contribution in [2.45, 2.75) is 31.8 Å². The highest BCUT2D eigenvalue weighted by Gasteiger charge is 2.04. The van der Waals surface area contributed by atoms with E-state index < -0.39 is 0 Å². The molecule has 4 nitrogen and oxygen atoms in total. The van der Waals surface area contributed by atoms with E-state index in [-0.39, 0.29) is 11.9 Å². The van der Waals surface area contributed by atoms with E-state index in [1.54, 1.807) is 18.3 Å². The highest BCUT2D eigenvalue weighted by molar-refractivity contribution is 7.97. The normalized spacial score (nSPS) is 12.8. The van der Waals surface area contributed by atoms with Gasteiger partial charge in [-0.25, -0.2) is 4.39 Å². The van der Waals surface area contributed by atoms with Crippen molar-refractivity contribution >= 4 is 11.9 Å². The highest BCUT2D eigenvalue weighted by atomic mass is 32.2. The minimum atomic E-state index is -0.0760. The van der Waals surface area contributed by atoms with Crippen molar-refractivity contribution in [3.63, 3.8) is 0 Å². The third-order valence-electron chi connectivity index (χ3n) is 3.10. The van der Waals surface area contributed by atoms with Gasteiger partial charge in [-0.05, 0) is 63.1 Å². The summed E-state index contributed by atoms with van der Waals surface area (Å²) in [5.41, 5.74) is 2.69. The number of allylic oxidation sites excluding steroid dienone is 3. The molecule has 0 bridgehead atoms. The maximum atomic E-state index is 12.8. The Kier molecular flexibility index (Phi) is 7.35. The standard InChI is InChI=1S/C19H22FN3OS/c1-4-15(8-9-16(12-20)24-14(2)3)23-25-17-11-19(22-13-17)18-7-5-6-10-21-18/h4-14,22-23H,1-3H3/b9-8-,15-4+,16-12-. The van der Waals surface area contributed by atoms with E-state index in [0.29, 0.717) is 6.33 Å². The fourth-order valence-electron chi connectivity index (χ4n) is 1.96. The number of hydrogen-bond donors (Lipinski definition) is 2. The number of hydrogen-bond acceptors (Lipinski definition) is 4. The molecule has 0 spiro atoms. The Hall–Kier alpha value is -2.47. The summed E-state index contributed by atoms with van der Waals surface area (Å²) in [5, 5.41) is 0. The van der Waals surface area contributed by atoms with Crippen LogP contribution in [0.4, 0.5) is 4.39 Å². The molecule has 2 aromatic heterocycles. The summed E-state index contributed by atoms with van der Waals surface area (Å²) in [5.74, 6) is 0.195. The number of halogens is 1. The first-order valence-corrected chi connectivity index (χ1v) is 8.78. The summed E-state index contributed by atoms with van der Waals surface area (Å²) in [6, 6.07) is 7.81. The first kappa shape index (κ1) is 18.9. The molecule has 2 rings (SSSR count). The lowest BCUT2D eigenvalue weighted by Gasteiger charge is -2.09. The zero-order valence-electron chi connectivity index (χ0n) is 14.5. The molecule has 132 valence electrons. The molecule has 0 radical (unpaired) electrons. The number of nitrogens with zero attached hydrogens (tertiary/aromatic N) is 1. The molecule has 0 saturated carbocycles. The third kappa shape index (κ3) is 6.15. The number of nitrogens with one attached hydrogen (secondary N) is 2. The summed E-state index contributed by atoms with van der Waals surface area (Å²) in [7, 11) is 0. The van der Waals surface area contributed by atoms with Gasteiger partial charge in [-0.15, -0.1) is 0 Å². The predicted octanol–water partition coefficient (Wildman–Crippen LogP) is 5.37. The van der Waals surface area contributed by atoms with Crippen LogP contribution < -0.4 is 4.72 Å². The lowest BCUT2D eigenvalue weighted by molar-refractivity contribution is 0.154. The van der Waals surface area contributed by atoms with Crippen LogP contribution in [0.25, 0.3) is 11.4 Å². The molecule has 0 saturated heterocycles. The first-order chi connectivity index (χ1) is 12.1. The van der Waals surface area contributed by atoms with Crippen molar-refractivity contribution in [2.24, 2.45) is 0 Å². The number of aromatic amines is 1. The molecule has 6 heteroatoms. The molecular formula is C19H22FN3OS. The van der Waals surface area contributed by atoms with Gasteiger partial charge >= 0.3 is 0 Å². The molecule has 2 aromatic rings. The molecule has 25 heavy (non-hydrogen) atoms. The number of ether oxygens (including phenoxy) is 1. The van der Waals surface area contributed by atoms with Gasteiger partial charge < -0.3 is 14.4 Å². The second-order valence-corrected chi connectivity index (χ2v) is 6.30.